The fourth-order valence-electron chi connectivity index (χ4n) is 20.1. The first-order valence-corrected chi connectivity index (χ1v) is 37.3. The molecule has 1 saturated heterocycles. The van der Waals surface area contributed by atoms with Crippen molar-refractivity contribution >= 4 is 160 Å². The van der Waals surface area contributed by atoms with Gasteiger partial charge in [-0.15, -0.1) is 0 Å². The van der Waals surface area contributed by atoms with Crippen LogP contribution in [0.3, 0.4) is 0 Å². The van der Waals surface area contributed by atoms with Gasteiger partial charge in [0.1, 0.15) is 0 Å². The van der Waals surface area contributed by atoms with Crippen molar-refractivity contribution in [3.05, 3.63) is 99.9 Å². The van der Waals surface area contributed by atoms with Gasteiger partial charge in [-0.05, 0) is 170 Å². The topological polar surface area (TPSA) is 203 Å². The highest BCUT2D eigenvalue weighted by Crippen LogP contribution is 2.79. The number of nitrogens with zero attached hydrogens (tertiary/aromatic N) is 4. The third-order valence-corrected chi connectivity index (χ3v) is 25.6. The number of hydrogen-bond donors (Lipinski definition) is 0. The van der Waals surface area contributed by atoms with E-state index in [0.29, 0.717) is 95.8 Å². The Labute approximate surface area is 533 Å². The van der Waals surface area contributed by atoms with Crippen LogP contribution in [0.2, 0.25) is 0 Å². The average Bonchev–Trinajstić information content (AvgIpc) is 1.42. The number of likely N-dealkylation sites (tertiary alicyclic amines) is 1. The maximum atomic E-state index is 11.7. The van der Waals surface area contributed by atoms with Gasteiger partial charge in [0.2, 0.25) is 5.75 Å². The molecule has 3 atom stereocenters. The molecule has 0 saturated carbocycles. The lowest BCUT2D eigenvalue weighted by Crippen LogP contribution is -2.52. The molecule has 0 bridgehead atoms. The lowest BCUT2D eigenvalue weighted by Gasteiger charge is -2.52. The van der Waals surface area contributed by atoms with E-state index in [1.165, 1.54) is 151 Å². The van der Waals surface area contributed by atoms with Gasteiger partial charge in [0.25, 0.3) is 0 Å². The number of benzene rings is 9. The van der Waals surface area contributed by atoms with Crippen molar-refractivity contribution in [3.8, 4) is 17.2 Å². The van der Waals surface area contributed by atoms with E-state index in [4.69, 9.17) is 14.2 Å². The van der Waals surface area contributed by atoms with Crippen molar-refractivity contribution in [1.82, 2.24) is 4.90 Å². The Kier molecular flexibility index (Phi) is 11.7. The number of hydrogen-bond acceptors (Lipinski definition) is 13. The van der Waals surface area contributed by atoms with E-state index in [-0.39, 0.29) is 38.5 Å². The number of quaternary nitrogens is 3. The minimum atomic E-state index is -4.37. The molecule has 3 unspecified atom stereocenters. The third kappa shape index (κ3) is 7.43. The predicted octanol–water partition coefficient (Wildman–Crippen LogP) is 9.29. The van der Waals surface area contributed by atoms with E-state index in [0.717, 1.165) is 12.1 Å². The van der Waals surface area contributed by atoms with Crippen LogP contribution >= 0.6 is 0 Å². The smallest absolute Gasteiger partial charge is 0.203 e. The van der Waals surface area contributed by atoms with E-state index in [2.05, 4.69) is 84.8 Å². The highest BCUT2D eigenvalue weighted by Gasteiger charge is 2.74. The molecule has 16 nitrogen and oxygen atoms in total. The molecule has 474 valence electrons. The summed E-state index contributed by atoms with van der Waals surface area (Å²) in [5, 5.41) is 33.0. The first kappa shape index (κ1) is 57.9. The molecule has 13 aromatic carbocycles. The highest BCUT2D eigenvalue weighted by atomic mass is 32.2. The standard InChI is InChI=1S/C73H72N4O12S3/c1-74-38-72-48-23-24-49-46-21-19-44-42-17-15-40-39-14-16-41-43-18-20-45(48)57-55(43)60-53(41)51(39)59-52(40)54(42)61-56(44)58(46)68(66-64(61)62(59)63(60)65(66)67(57)72)73(49,72)71(74)47-22-25-50(87-32-8-26-75(2,3)29-11-35-90(78,79)80)70(89-34-10-28-77(6,7)31-13-37-92(84,85)86)69(47)88-33-9-27-76(4,5)30-12-36-91(81,82)83/h14-25,71H,8-13,26-38H2,1-7H3. The zero-order valence-electron chi connectivity index (χ0n) is 52.9. The van der Waals surface area contributed by atoms with Gasteiger partial charge in [0.05, 0.1) is 149 Å². The molecule has 4 aliphatic carbocycles. The second kappa shape index (κ2) is 18.6. The van der Waals surface area contributed by atoms with Crippen LogP contribution in [0.4, 0.5) is 0 Å². The van der Waals surface area contributed by atoms with Crippen LogP contribution in [0.5, 0.6) is 17.2 Å². The maximum Gasteiger partial charge on any atom is 0.203 e. The van der Waals surface area contributed by atoms with Gasteiger partial charge in [-0.25, -0.2) is 25.3 Å². The second-order valence-corrected chi connectivity index (χ2v) is 34.6. The molecule has 5 aliphatic rings. The van der Waals surface area contributed by atoms with Gasteiger partial charge in [-0.1, -0.05) is 60.7 Å². The number of allylic oxidation sites excluding steroid dienone is 2. The van der Waals surface area contributed by atoms with Crippen molar-refractivity contribution in [2.24, 2.45) is 0 Å². The van der Waals surface area contributed by atoms with Crippen molar-refractivity contribution in [3.63, 3.8) is 0 Å². The van der Waals surface area contributed by atoms with Gasteiger partial charge in [0.15, 0.2) is 11.5 Å². The fraction of sp³-hybridized carbons (Fsp3) is 0.397. The lowest BCUT2D eigenvalue weighted by molar-refractivity contribution is -0.890. The zero-order chi connectivity index (χ0) is 63.7. The van der Waals surface area contributed by atoms with E-state index < -0.39 is 58.4 Å². The number of likely N-dealkylation sites (N-methyl/N-ethyl adjacent to an activating group) is 1. The number of ether oxygens (including phenoxy) is 3. The molecule has 2 spiro atoms. The van der Waals surface area contributed by atoms with Crippen molar-refractivity contribution < 1.29 is 66.6 Å². The SMILES string of the molecule is CN1CC23C4=c5ccc6c7ccc8c9ccc%10c%11ccc%12c%13c(c%14c%15c2c5c6c2c7c8c5c9c%10c(c%13%11)c%14c5c%152)C3(C=%12C=C4)C1c1ccc(OCCC[N+](C)(C)CCCS(=O)(=O)[O-])c(OCCC[N+](C)(C)CCCS(=O)(=O)[O-])c1OCCC[N+](C)(C)CCCS(=O)(=O)[O-]. The minimum absolute atomic E-state index is 0.237. The molecule has 0 aromatic heterocycles. The summed E-state index contributed by atoms with van der Waals surface area (Å²) in [6.07, 6.45) is 7.47. The van der Waals surface area contributed by atoms with Crippen LogP contribution < -0.4 is 24.6 Å². The maximum absolute atomic E-state index is 11.7. The minimum Gasteiger partial charge on any atom is -0.748 e. The third-order valence-electron chi connectivity index (χ3n) is 23.3. The Bertz CT molecular complexity index is 5830. The van der Waals surface area contributed by atoms with Gasteiger partial charge >= 0.3 is 0 Å². The Morgan fingerprint density at radius 2 is 0.783 bits per heavy atom. The van der Waals surface area contributed by atoms with Crippen LogP contribution in [-0.4, -0.2) is 189 Å². The molecule has 0 radical (unpaired) electrons. The summed E-state index contributed by atoms with van der Waals surface area (Å²) in [4.78, 5) is 2.62. The first-order valence-electron chi connectivity index (χ1n) is 32.6. The first-order chi connectivity index (χ1) is 43.7. The van der Waals surface area contributed by atoms with E-state index in [1.54, 1.807) is 0 Å². The molecule has 0 amide bonds. The van der Waals surface area contributed by atoms with Crippen molar-refractivity contribution in [2.45, 2.75) is 55.4 Å². The van der Waals surface area contributed by atoms with E-state index >= 15 is 0 Å². The highest BCUT2D eigenvalue weighted by molar-refractivity contribution is 7.86. The van der Waals surface area contributed by atoms with Crippen molar-refractivity contribution in [2.75, 3.05) is 132 Å². The summed E-state index contributed by atoms with van der Waals surface area (Å²) in [6, 6.07) is 23.4. The molecule has 1 fully saturated rings. The Morgan fingerprint density at radius 1 is 0.424 bits per heavy atom. The van der Waals surface area contributed by atoms with Crippen LogP contribution in [0.25, 0.3) is 130 Å². The lowest BCUT2D eigenvalue weighted by atomic mass is 9.47. The largest absolute Gasteiger partial charge is 0.748 e. The van der Waals surface area contributed by atoms with Crippen LogP contribution in [0.15, 0.2) is 72.8 Å². The summed E-state index contributed by atoms with van der Waals surface area (Å²) in [5.74, 6) is 0.304. The van der Waals surface area contributed by atoms with Gasteiger partial charge in [-0.2, -0.15) is 0 Å². The quantitative estimate of drug-likeness (QED) is 0.0194. The molecule has 13 aromatic rings. The normalized spacial score (nSPS) is 20.3. The average molecular weight is 1290 g/mol. The summed E-state index contributed by atoms with van der Waals surface area (Å²) in [6.45, 7) is 4.94. The fourth-order valence-corrected chi connectivity index (χ4v) is 21.6. The van der Waals surface area contributed by atoms with Crippen LogP contribution in [0.1, 0.15) is 61.3 Å². The van der Waals surface area contributed by atoms with Crippen LogP contribution in [-0.2, 0) is 41.2 Å². The van der Waals surface area contributed by atoms with E-state index in [9.17, 15) is 38.9 Å². The summed E-state index contributed by atoms with van der Waals surface area (Å²) in [5.41, 5.74) is 5.28. The number of rotatable bonds is 28. The summed E-state index contributed by atoms with van der Waals surface area (Å²) >= 11 is 0. The Morgan fingerprint density at radius 3 is 1.25 bits per heavy atom. The molecule has 18 rings (SSSR count). The van der Waals surface area contributed by atoms with Gasteiger partial charge < -0.3 is 41.3 Å². The zero-order valence-corrected chi connectivity index (χ0v) is 55.3. The van der Waals surface area contributed by atoms with Crippen molar-refractivity contribution in [1.29, 1.82) is 0 Å². The molecule has 92 heavy (non-hydrogen) atoms. The monoisotopic (exact) mass is 1290 g/mol. The molecular weight excluding hydrogens is 1220 g/mol. The summed E-state index contributed by atoms with van der Waals surface area (Å²) in [7, 11) is 1.42. The summed E-state index contributed by atoms with van der Waals surface area (Å²) < 4.78 is 128. The van der Waals surface area contributed by atoms with Crippen LogP contribution in [0, 0.1) is 0 Å². The van der Waals surface area contributed by atoms with Gasteiger partial charge in [0, 0.05) is 67.9 Å². The number of fused-ring (bicyclic) bond motifs is 3. The molecule has 19 heteroatoms. The molecule has 1 heterocycles. The van der Waals surface area contributed by atoms with E-state index in [1.807, 2.05) is 42.3 Å². The molecule has 0 N–H and O–H groups in total. The predicted molar refractivity (Wildman–Crippen MR) is 362 cm³/mol. The Hall–Kier alpha value is -6.75. The molecular formula is C73H72N4O12S3. The Balaban J connectivity index is 0.843. The molecule has 1 aliphatic heterocycles. The second-order valence-electron chi connectivity index (χ2n) is 30.0. The van der Waals surface area contributed by atoms with Gasteiger partial charge in [-0.3, -0.25) is 4.90 Å².